The molecule has 12 nitrogen and oxygen atoms in total. The first-order valence-electron chi connectivity index (χ1n) is 12.0. The van der Waals surface area contributed by atoms with Gasteiger partial charge in [-0.1, -0.05) is 32.0 Å². The Kier molecular flexibility index (Phi) is 10.6. The number of nitrogens with two attached hydrogens (primary N) is 1. The fourth-order valence-corrected chi connectivity index (χ4v) is 3.81. The number of aromatic amines is 1. The molecule has 2 rings (SSSR count). The van der Waals surface area contributed by atoms with Gasteiger partial charge in [0.2, 0.25) is 17.7 Å². The monoisotopic (exact) mass is 517 g/mol. The third-order valence-electron chi connectivity index (χ3n) is 5.80. The molecule has 3 amide bonds. The van der Waals surface area contributed by atoms with Crippen LogP contribution in [0.2, 0.25) is 0 Å². The molecule has 0 radical (unpaired) electrons. The van der Waals surface area contributed by atoms with Crippen molar-refractivity contribution in [3.8, 4) is 0 Å². The van der Waals surface area contributed by atoms with E-state index in [4.69, 9.17) is 10.8 Å². The van der Waals surface area contributed by atoms with Gasteiger partial charge in [0.05, 0.1) is 6.04 Å². The fraction of sp³-hybridized carbons (Fsp3) is 0.480. The molecule has 0 aliphatic heterocycles. The molecule has 8 N–H and O–H groups in total. The molecule has 12 heteroatoms. The molecule has 1 aromatic carbocycles. The van der Waals surface area contributed by atoms with Crippen molar-refractivity contribution in [3.05, 3.63) is 36.0 Å². The van der Waals surface area contributed by atoms with Gasteiger partial charge in [0.15, 0.2) is 0 Å². The van der Waals surface area contributed by atoms with Crippen molar-refractivity contribution in [1.82, 2.24) is 20.9 Å². The van der Waals surface area contributed by atoms with E-state index in [0.29, 0.717) is 12.0 Å². The van der Waals surface area contributed by atoms with Crippen LogP contribution in [-0.2, 0) is 30.4 Å². The van der Waals surface area contributed by atoms with E-state index in [1.54, 1.807) is 6.20 Å². The van der Waals surface area contributed by atoms with Crippen molar-refractivity contribution >= 4 is 40.6 Å². The second-order valence-electron chi connectivity index (χ2n) is 9.42. The number of para-hydroxylation sites is 1. The summed E-state index contributed by atoms with van der Waals surface area (Å²) in [6, 6.07) is 2.74. The number of hydrogen-bond acceptors (Lipinski definition) is 6. The molecule has 37 heavy (non-hydrogen) atoms. The summed E-state index contributed by atoms with van der Waals surface area (Å²) in [5, 5.41) is 26.5. The Balaban J connectivity index is 2.28. The van der Waals surface area contributed by atoms with Gasteiger partial charge in [0.25, 0.3) is 0 Å². The van der Waals surface area contributed by atoms with Gasteiger partial charge in [-0.25, -0.2) is 0 Å². The molecule has 0 fully saturated rings. The highest BCUT2D eigenvalue weighted by Crippen LogP contribution is 2.19. The van der Waals surface area contributed by atoms with Gasteiger partial charge in [0, 0.05) is 29.9 Å². The third kappa shape index (κ3) is 8.90. The maximum Gasteiger partial charge on any atom is 0.325 e. The van der Waals surface area contributed by atoms with Crippen molar-refractivity contribution in [2.45, 2.75) is 70.6 Å². The number of rotatable bonds is 14. The number of H-pyrrole nitrogens is 1. The molecule has 2 aromatic rings. The summed E-state index contributed by atoms with van der Waals surface area (Å²) in [6.45, 7) is 5.05. The molecule has 0 bridgehead atoms. The number of carbonyl (C=O) groups excluding carboxylic acids is 3. The van der Waals surface area contributed by atoms with Crippen LogP contribution in [-0.4, -0.2) is 69.0 Å². The highest BCUT2D eigenvalue weighted by molar-refractivity contribution is 5.95. The van der Waals surface area contributed by atoms with E-state index in [0.717, 1.165) is 10.9 Å². The number of hydrogen-bond donors (Lipinski definition) is 7. The second-order valence-corrected chi connectivity index (χ2v) is 9.42. The lowest BCUT2D eigenvalue weighted by Crippen LogP contribution is -2.57. The predicted molar refractivity (Wildman–Crippen MR) is 135 cm³/mol. The van der Waals surface area contributed by atoms with Crippen molar-refractivity contribution in [3.63, 3.8) is 0 Å². The number of carbonyl (C=O) groups is 5. The number of carboxylic acid groups (broad SMARTS) is 2. The summed E-state index contributed by atoms with van der Waals surface area (Å²) in [6.07, 6.45) is 1.42. The van der Waals surface area contributed by atoms with Crippen LogP contribution in [0.1, 0.15) is 45.6 Å². The first-order chi connectivity index (χ1) is 17.4. The SMILES string of the molecule is CC(C)CC(N)C(=O)NC(CCC(=O)O)C(=O)NC(Cc1c[nH]c2ccccc12)C(=O)NC(C)C(=O)O. The van der Waals surface area contributed by atoms with E-state index in [2.05, 4.69) is 20.9 Å². The highest BCUT2D eigenvalue weighted by Gasteiger charge is 2.30. The van der Waals surface area contributed by atoms with Crippen LogP contribution in [0.4, 0.5) is 0 Å². The summed E-state index contributed by atoms with van der Waals surface area (Å²) < 4.78 is 0. The van der Waals surface area contributed by atoms with E-state index in [-0.39, 0.29) is 18.8 Å². The van der Waals surface area contributed by atoms with E-state index in [1.165, 1.54) is 6.92 Å². The van der Waals surface area contributed by atoms with Crippen LogP contribution in [0.25, 0.3) is 10.9 Å². The van der Waals surface area contributed by atoms with Crippen molar-refractivity contribution in [2.24, 2.45) is 11.7 Å². The Labute approximate surface area is 214 Å². The van der Waals surface area contributed by atoms with E-state index in [9.17, 15) is 29.1 Å². The quantitative estimate of drug-likeness (QED) is 0.188. The minimum absolute atomic E-state index is 0.0143. The Bertz CT molecular complexity index is 1130. The van der Waals surface area contributed by atoms with Gasteiger partial charge in [-0.2, -0.15) is 0 Å². The average Bonchev–Trinajstić information content (AvgIpc) is 3.23. The zero-order valence-electron chi connectivity index (χ0n) is 21.1. The standard InChI is InChI=1S/C25H35N5O7/c1-13(2)10-17(26)22(33)29-19(8-9-21(31)32)23(34)30-20(24(35)28-14(3)25(36)37)11-15-12-27-18-7-5-4-6-16(15)18/h4-7,12-14,17,19-20,27H,8-11,26H2,1-3H3,(H,28,35)(H,29,33)(H,30,34)(H,31,32)(H,36,37). The number of fused-ring (bicyclic) bond motifs is 1. The summed E-state index contributed by atoms with van der Waals surface area (Å²) >= 11 is 0. The normalized spacial score (nSPS) is 14.4. The lowest BCUT2D eigenvalue weighted by Gasteiger charge is -2.25. The van der Waals surface area contributed by atoms with E-state index >= 15 is 0 Å². The number of aromatic nitrogens is 1. The fourth-order valence-electron chi connectivity index (χ4n) is 3.81. The number of benzene rings is 1. The summed E-state index contributed by atoms with van der Waals surface area (Å²) in [5.74, 6) is -4.44. The maximum absolute atomic E-state index is 13.2. The minimum atomic E-state index is -1.27. The van der Waals surface area contributed by atoms with Gasteiger partial charge in [0.1, 0.15) is 18.1 Å². The number of carboxylic acids is 2. The summed E-state index contributed by atoms with van der Waals surface area (Å²) in [5.41, 5.74) is 7.43. The van der Waals surface area contributed by atoms with Gasteiger partial charge >= 0.3 is 11.9 Å². The van der Waals surface area contributed by atoms with Crippen molar-refractivity contribution in [1.29, 1.82) is 0 Å². The van der Waals surface area contributed by atoms with Crippen LogP contribution in [0, 0.1) is 5.92 Å². The molecular formula is C25H35N5O7. The molecule has 0 aliphatic rings. The average molecular weight is 518 g/mol. The van der Waals surface area contributed by atoms with Crippen LogP contribution >= 0.6 is 0 Å². The van der Waals surface area contributed by atoms with E-state index < -0.39 is 60.2 Å². The zero-order chi connectivity index (χ0) is 27.7. The van der Waals surface area contributed by atoms with Crippen molar-refractivity contribution in [2.75, 3.05) is 0 Å². The molecule has 1 aromatic heterocycles. The summed E-state index contributed by atoms with van der Waals surface area (Å²) in [7, 11) is 0. The molecule has 4 unspecified atom stereocenters. The van der Waals surface area contributed by atoms with Gasteiger partial charge in [-0.15, -0.1) is 0 Å². The van der Waals surface area contributed by atoms with Gasteiger partial charge in [-0.05, 0) is 37.3 Å². The first kappa shape index (κ1) is 29.3. The zero-order valence-corrected chi connectivity index (χ0v) is 21.1. The smallest absolute Gasteiger partial charge is 0.325 e. The van der Waals surface area contributed by atoms with Crippen LogP contribution in [0.3, 0.4) is 0 Å². The molecule has 0 spiro atoms. The van der Waals surface area contributed by atoms with Gasteiger partial charge in [-0.3, -0.25) is 24.0 Å². The molecule has 1 heterocycles. The molecule has 0 saturated carbocycles. The highest BCUT2D eigenvalue weighted by atomic mass is 16.4. The Hall–Kier alpha value is -3.93. The third-order valence-corrected chi connectivity index (χ3v) is 5.80. The number of nitrogens with one attached hydrogen (secondary N) is 4. The van der Waals surface area contributed by atoms with Gasteiger partial charge < -0.3 is 36.9 Å². The molecular weight excluding hydrogens is 482 g/mol. The summed E-state index contributed by atoms with van der Waals surface area (Å²) in [4.78, 5) is 64.3. The van der Waals surface area contributed by atoms with Crippen LogP contribution < -0.4 is 21.7 Å². The Morgan fingerprint density at radius 3 is 2.16 bits per heavy atom. The topological polar surface area (TPSA) is 204 Å². The van der Waals surface area contributed by atoms with Crippen LogP contribution in [0.5, 0.6) is 0 Å². The molecule has 0 saturated heterocycles. The van der Waals surface area contributed by atoms with E-state index in [1.807, 2.05) is 38.1 Å². The van der Waals surface area contributed by atoms with Crippen molar-refractivity contribution < 1.29 is 34.2 Å². The molecule has 4 atom stereocenters. The molecule has 0 aliphatic carbocycles. The predicted octanol–water partition coefficient (Wildman–Crippen LogP) is 0.508. The van der Waals surface area contributed by atoms with Crippen LogP contribution in [0.15, 0.2) is 30.5 Å². The number of amides is 3. The number of aliphatic carboxylic acids is 2. The lowest BCUT2D eigenvalue weighted by molar-refractivity contribution is -0.141. The Morgan fingerprint density at radius 1 is 0.919 bits per heavy atom. The second kappa shape index (κ2) is 13.4. The largest absolute Gasteiger partial charge is 0.481 e. The molecule has 202 valence electrons. The Morgan fingerprint density at radius 2 is 1.54 bits per heavy atom. The maximum atomic E-state index is 13.2. The minimum Gasteiger partial charge on any atom is -0.481 e. The lowest BCUT2D eigenvalue weighted by atomic mass is 10.0. The first-order valence-corrected chi connectivity index (χ1v) is 12.0.